The van der Waals surface area contributed by atoms with Crippen molar-refractivity contribution >= 4 is 0 Å². The molecule has 3 aliphatic rings. The average Bonchev–Trinajstić information content (AvgIpc) is 2.96. The van der Waals surface area contributed by atoms with Gasteiger partial charge in [0.05, 0.1) is 43.1 Å². The van der Waals surface area contributed by atoms with Crippen LogP contribution in [0.3, 0.4) is 0 Å². The van der Waals surface area contributed by atoms with Crippen molar-refractivity contribution in [3.05, 3.63) is 0 Å². The lowest BCUT2D eigenvalue weighted by atomic mass is 9.71. The first-order chi connectivity index (χ1) is 19.5. The number of nitrogens with one attached hydrogen (secondary N) is 2. The minimum Gasteiger partial charge on any atom is -0.394 e. The van der Waals surface area contributed by atoms with Crippen LogP contribution in [0.4, 0.5) is 0 Å². The monoisotopic (exact) mass is 597 g/mol. The first kappa shape index (κ1) is 34.8. The Balaban J connectivity index is 1.85. The Morgan fingerprint density at radius 3 is 2.22 bits per heavy atom. The summed E-state index contributed by atoms with van der Waals surface area (Å²) in [5.74, 6) is -0.908. The van der Waals surface area contributed by atoms with E-state index < -0.39 is 104 Å². The summed E-state index contributed by atoms with van der Waals surface area (Å²) in [6.45, 7) is 0.640. The second-order valence-corrected chi connectivity index (χ2v) is 11.3. The zero-order chi connectivity index (χ0) is 30.4. The van der Waals surface area contributed by atoms with Crippen molar-refractivity contribution in [1.29, 1.82) is 0 Å². The van der Waals surface area contributed by atoms with Crippen molar-refractivity contribution in [2.24, 2.45) is 34.6 Å². The Morgan fingerprint density at radius 2 is 1.59 bits per heavy atom. The Hall–Kier alpha value is -0.680. The molecule has 2 unspecified atom stereocenters. The lowest BCUT2D eigenvalue weighted by molar-refractivity contribution is -0.308. The van der Waals surface area contributed by atoms with Crippen LogP contribution in [-0.4, -0.2) is 167 Å². The first-order valence-electron chi connectivity index (χ1n) is 14.2. The molecule has 3 fully saturated rings. The van der Waals surface area contributed by atoms with E-state index in [0.29, 0.717) is 19.5 Å². The van der Waals surface area contributed by atoms with Gasteiger partial charge in [-0.1, -0.05) is 0 Å². The third-order valence-corrected chi connectivity index (χ3v) is 8.38. The Bertz CT molecular complexity index is 778. The highest BCUT2D eigenvalue weighted by Crippen LogP contribution is 2.36. The van der Waals surface area contributed by atoms with Crippen molar-refractivity contribution in [2.45, 2.75) is 104 Å². The van der Waals surface area contributed by atoms with E-state index in [1.807, 2.05) is 0 Å². The zero-order valence-electron chi connectivity index (χ0n) is 23.1. The van der Waals surface area contributed by atoms with Crippen molar-refractivity contribution in [3.8, 4) is 0 Å². The second kappa shape index (κ2) is 15.9. The number of rotatable bonds is 13. The summed E-state index contributed by atoms with van der Waals surface area (Å²) in [7, 11) is 0. The quantitative estimate of drug-likeness (QED) is 0.0876. The van der Waals surface area contributed by atoms with Gasteiger partial charge in [-0.2, -0.15) is 0 Å². The van der Waals surface area contributed by atoms with Gasteiger partial charge in [-0.3, -0.25) is 0 Å². The van der Waals surface area contributed by atoms with E-state index in [2.05, 4.69) is 10.6 Å². The van der Waals surface area contributed by atoms with Crippen LogP contribution in [0.5, 0.6) is 0 Å². The molecule has 2 saturated heterocycles. The van der Waals surface area contributed by atoms with Crippen LogP contribution in [0.2, 0.25) is 0 Å². The number of aliphatic hydroxyl groups is 7. The molecular weight excluding hydrogens is 546 g/mol. The molecule has 17 nitrogen and oxygen atoms in total. The molecule has 0 spiro atoms. The number of nitrogens with two attached hydrogens (primary N) is 5. The third-order valence-electron chi connectivity index (χ3n) is 8.38. The Kier molecular flexibility index (Phi) is 13.5. The van der Waals surface area contributed by atoms with Gasteiger partial charge in [0.25, 0.3) is 0 Å². The molecule has 242 valence electrons. The van der Waals surface area contributed by atoms with Gasteiger partial charge in [0.15, 0.2) is 6.29 Å². The van der Waals surface area contributed by atoms with Crippen molar-refractivity contribution < 1.29 is 50.0 Å². The van der Waals surface area contributed by atoms with Crippen molar-refractivity contribution in [3.63, 3.8) is 0 Å². The molecule has 0 aromatic heterocycles. The highest BCUT2D eigenvalue weighted by Gasteiger charge is 2.55. The predicted octanol–water partition coefficient (Wildman–Crippen LogP) is -8.12. The molecule has 0 aromatic carbocycles. The molecular formula is C24H51N7O10. The van der Waals surface area contributed by atoms with Crippen LogP contribution in [0, 0.1) is 5.92 Å². The summed E-state index contributed by atoms with van der Waals surface area (Å²) in [5.41, 5.74) is 29.8. The Morgan fingerprint density at radius 1 is 0.878 bits per heavy atom. The lowest BCUT2D eigenvalue weighted by Crippen LogP contribution is -2.72. The molecule has 3 rings (SSSR count). The van der Waals surface area contributed by atoms with Gasteiger partial charge in [0.1, 0.15) is 36.6 Å². The number of hydrogen-bond donors (Lipinski definition) is 14. The fraction of sp³-hybridized carbons (Fsp3) is 1.00. The van der Waals surface area contributed by atoms with Crippen molar-refractivity contribution in [2.75, 3.05) is 39.3 Å². The first-order valence-corrected chi connectivity index (χ1v) is 14.2. The minimum atomic E-state index is -1.52. The smallest absolute Gasteiger partial charge is 0.186 e. The van der Waals surface area contributed by atoms with Crippen LogP contribution in [-0.2, 0) is 14.2 Å². The summed E-state index contributed by atoms with van der Waals surface area (Å²) in [4.78, 5) is 0. The van der Waals surface area contributed by atoms with E-state index in [1.54, 1.807) is 0 Å². The second-order valence-electron chi connectivity index (χ2n) is 11.3. The molecule has 2 aliphatic heterocycles. The van der Waals surface area contributed by atoms with E-state index in [4.69, 9.17) is 42.9 Å². The summed E-state index contributed by atoms with van der Waals surface area (Å²) in [6, 6.07) is -3.75. The summed E-state index contributed by atoms with van der Waals surface area (Å²) >= 11 is 0. The molecule has 1 aliphatic carbocycles. The van der Waals surface area contributed by atoms with Gasteiger partial charge in [-0.05, 0) is 25.9 Å². The maximum atomic E-state index is 11.7. The summed E-state index contributed by atoms with van der Waals surface area (Å²) < 4.78 is 17.8. The molecule has 0 amide bonds. The van der Waals surface area contributed by atoms with Gasteiger partial charge < -0.3 is 89.3 Å². The molecule has 19 N–H and O–H groups in total. The molecule has 2 heterocycles. The van der Waals surface area contributed by atoms with E-state index >= 15 is 0 Å². The van der Waals surface area contributed by atoms with Gasteiger partial charge in [0, 0.05) is 37.6 Å². The molecule has 0 bridgehead atoms. The molecule has 0 radical (unpaired) electrons. The molecule has 17 heteroatoms. The normalized spacial score (nSPS) is 46.4. The highest BCUT2D eigenvalue weighted by atomic mass is 16.7. The van der Waals surface area contributed by atoms with Gasteiger partial charge in [-0.25, -0.2) is 0 Å². The van der Waals surface area contributed by atoms with Crippen LogP contribution < -0.4 is 39.3 Å². The SMILES string of the molecule is NCCCNC[C@H]1O[C@H](C2[C@@H](N)C[C@@H](NCC(O)CN)[C@H](O[C@H]3O[C@H](CO)[C@@H](O)[C@H](N)[C@H]3O)[C@H]2O)[C@H](N)[C@@H](O)[C@@H]1O. The van der Waals surface area contributed by atoms with Gasteiger partial charge in [-0.15, -0.1) is 0 Å². The summed E-state index contributed by atoms with van der Waals surface area (Å²) in [6.07, 6.45) is -12.6. The van der Waals surface area contributed by atoms with Crippen LogP contribution >= 0.6 is 0 Å². The van der Waals surface area contributed by atoms with Crippen LogP contribution in [0.25, 0.3) is 0 Å². The minimum absolute atomic E-state index is 0.0243. The standard InChI is InChI=1S/C24H51N7O10/c25-2-1-3-30-7-12-18(35)20(37)16(29)23(39-12)14-10(27)4-11(31-6-9(33)5-26)22(19(14)36)41-24-21(38)15(28)17(34)13(8-32)40-24/h9-24,30-38H,1-8,25-29H2/t9?,10-,11+,12+,13+,14?,15-,16+,17+,18+,19-,20+,21+,22-,23+,24+/m0/s1. The third kappa shape index (κ3) is 8.08. The maximum absolute atomic E-state index is 11.7. The predicted molar refractivity (Wildman–Crippen MR) is 145 cm³/mol. The maximum Gasteiger partial charge on any atom is 0.186 e. The zero-order valence-corrected chi connectivity index (χ0v) is 23.1. The topological polar surface area (TPSA) is 323 Å². The number of ether oxygens (including phenoxy) is 3. The highest BCUT2D eigenvalue weighted by molar-refractivity contribution is 5.08. The molecule has 16 atom stereocenters. The molecule has 41 heavy (non-hydrogen) atoms. The average molecular weight is 598 g/mol. The van der Waals surface area contributed by atoms with Crippen LogP contribution in [0.15, 0.2) is 0 Å². The van der Waals surface area contributed by atoms with Crippen molar-refractivity contribution in [1.82, 2.24) is 10.6 Å². The fourth-order valence-electron chi connectivity index (χ4n) is 5.86. The van der Waals surface area contributed by atoms with Crippen LogP contribution in [0.1, 0.15) is 12.8 Å². The van der Waals surface area contributed by atoms with Gasteiger partial charge >= 0.3 is 0 Å². The molecule has 0 aromatic rings. The summed E-state index contributed by atoms with van der Waals surface area (Å²) in [5, 5.41) is 79.8. The lowest BCUT2D eigenvalue weighted by Gasteiger charge is -2.52. The fourth-order valence-corrected chi connectivity index (χ4v) is 5.86. The Labute approximate surface area is 239 Å². The van der Waals surface area contributed by atoms with E-state index in [1.165, 1.54) is 0 Å². The molecule has 1 saturated carbocycles. The van der Waals surface area contributed by atoms with E-state index in [-0.39, 0.29) is 26.1 Å². The number of hydrogen-bond acceptors (Lipinski definition) is 17. The van der Waals surface area contributed by atoms with Gasteiger partial charge in [0.2, 0.25) is 0 Å². The van der Waals surface area contributed by atoms with E-state index in [9.17, 15) is 35.7 Å². The van der Waals surface area contributed by atoms with E-state index in [0.717, 1.165) is 0 Å². The number of aliphatic hydroxyl groups excluding tert-OH is 7. The largest absolute Gasteiger partial charge is 0.394 e.